The summed E-state index contributed by atoms with van der Waals surface area (Å²) in [6.45, 7) is 9.43. The Morgan fingerprint density at radius 2 is 1.56 bits per heavy atom. The number of thioether (sulfide) groups is 1. The van der Waals surface area contributed by atoms with Crippen molar-refractivity contribution in [3.63, 3.8) is 0 Å². The van der Waals surface area contributed by atoms with Crippen molar-refractivity contribution < 1.29 is 28.8 Å². The molecule has 0 unspecified atom stereocenters. The molecule has 8 nitrogen and oxygen atoms in total. The van der Waals surface area contributed by atoms with Crippen molar-refractivity contribution in [2.75, 3.05) is 0 Å². The highest BCUT2D eigenvalue weighted by atomic mass is 32.2. The summed E-state index contributed by atoms with van der Waals surface area (Å²) in [7, 11) is 0. The molecule has 0 aliphatic heterocycles. The van der Waals surface area contributed by atoms with E-state index < -0.39 is 24.2 Å². The van der Waals surface area contributed by atoms with Gasteiger partial charge in [0, 0.05) is 24.0 Å². The maximum absolute atomic E-state index is 12.4. The van der Waals surface area contributed by atoms with Gasteiger partial charge in [0.15, 0.2) is 10.9 Å². The minimum absolute atomic E-state index is 0.0940. The molecule has 0 heterocycles. The number of primary amides is 1. The Bertz CT molecular complexity index is 699. The highest BCUT2D eigenvalue weighted by Gasteiger charge is 2.25. The summed E-state index contributed by atoms with van der Waals surface area (Å²) < 4.78 is -0.245. The zero-order valence-electron chi connectivity index (χ0n) is 20.0. The van der Waals surface area contributed by atoms with E-state index in [0.29, 0.717) is 12.8 Å². The fraction of sp³-hybridized carbons (Fsp3) is 0.739. The van der Waals surface area contributed by atoms with Gasteiger partial charge in [-0.2, -0.15) is 0 Å². The molecule has 0 aromatic rings. The molecule has 0 saturated carbocycles. The summed E-state index contributed by atoms with van der Waals surface area (Å²) in [5, 5.41) is 2.33. The van der Waals surface area contributed by atoms with Gasteiger partial charge in [0.25, 0.3) is 0 Å². The molecule has 0 fully saturated rings. The SMILES string of the molecule is CCCCC(=O)N[C@H](CC(N)=O)C(=O)CC(=O)C[C@@H](C)CCC(=O)CC(=O)SC(C)(C)C. The molecule has 0 radical (unpaired) electrons. The van der Waals surface area contributed by atoms with Gasteiger partial charge >= 0.3 is 0 Å². The number of hydrogen-bond acceptors (Lipinski definition) is 7. The van der Waals surface area contributed by atoms with E-state index in [1.54, 1.807) is 6.92 Å². The van der Waals surface area contributed by atoms with Crippen LogP contribution in [0.1, 0.15) is 92.4 Å². The molecule has 0 aliphatic rings. The highest BCUT2D eigenvalue weighted by molar-refractivity contribution is 8.14. The molecular weight excluding hydrogens is 432 g/mol. The van der Waals surface area contributed by atoms with E-state index in [9.17, 15) is 28.8 Å². The third kappa shape index (κ3) is 15.7. The normalized spacial score (nSPS) is 13.2. The molecule has 2 atom stereocenters. The second-order valence-electron chi connectivity index (χ2n) is 9.23. The molecular formula is C23H38N2O6S. The third-order valence-electron chi connectivity index (χ3n) is 4.51. The summed E-state index contributed by atoms with van der Waals surface area (Å²) >= 11 is 1.14. The first kappa shape index (κ1) is 30.0. The maximum atomic E-state index is 12.4. The summed E-state index contributed by atoms with van der Waals surface area (Å²) in [5.41, 5.74) is 5.17. The number of Topliss-reactive ketones (excluding diaryl/α,β-unsaturated/α-hetero) is 3. The van der Waals surface area contributed by atoms with E-state index in [4.69, 9.17) is 5.73 Å². The van der Waals surface area contributed by atoms with Gasteiger partial charge in [-0.3, -0.25) is 28.8 Å². The Balaban J connectivity index is 4.55. The fourth-order valence-corrected chi connectivity index (χ4v) is 3.88. The molecule has 0 aromatic heterocycles. The maximum Gasteiger partial charge on any atom is 0.220 e. The number of carbonyl (C=O) groups is 6. The molecule has 2 amide bonds. The van der Waals surface area contributed by atoms with Crippen molar-refractivity contribution in [1.29, 1.82) is 0 Å². The zero-order valence-corrected chi connectivity index (χ0v) is 20.8. The molecule has 0 aliphatic carbocycles. The summed E-state index contributed by atoms with van der Waals surface area (Å²) in [4.78, 5) is 71.8. The minimum Gasteiger partial charge on any atom is -0.370 e. The number of amides is 2. The number of unbranched alkanes of at least 4 members (excludes halogenated alkanes) is 1. The van der Waals surface area contributed by atoms with Crippen molar-refractivity contribution in [2.45, 2.75) is 103 Å². The first-order valence-electron chi connectivity index (χ1n) is 11.1. The van der Waals surface area contributed by atoms with E-state index in [1.165, 1.54) is 0 Å². The predicted molar refractivity (Wildman–Crippen MR) is 125 cm³/mol. The monoisotopic (exact) mass is 470 g/mol. The van der Waals surface area contributed by atoms with Crippen LogP contribution in [0.15, 0.2) is 0 Å². The average molecular weight is 471 g/mol. The van der Waals surface area contributed by atoms with E-state index in [0.717, 1.165) is 18.2 Å². The van der Waals surface area contributed by atoms with Gasteiger partial charge < -0.3 is 11.1 Å². The van der Waals surface area contributed by atoms with Gasteiger partial charge in [-0.15, -0.1) is 0 Å². The Morgan fingerprint density at radius 1 is 0.938 bits per heavy atom. The van der Waals surface area contributed by atoms with Crippen LogP contribution in [0.5, 0.6) is 0 Å². The smallest absolute Gasteiger partial charge is 0.220 e. The second-order valence-corrected chi connectivity index (χ2v) is 11.1. The largest absolute Gasteiger partial charge is 0.370 e. The summed E-state index contributed by atoms with van der Waals surface area (Å²) in [5.74, 6) is -2.28. The molecule has 0 bridgehead atoms. The fourth-order valence-electron chi connectivity index (χ4n) is 2.97. The first-order valence-corrected chi connectivity index (χ1v) is 11.9. The van der Waals surface area contributed by atoms with E-state index >= 15 is 0 Å². The lowest BCUT2D eigenvalue weighted by atomic mass is 9.94. The number of carbonyl (C=O) groups excluding carboxylic acids is 6. The van der Waals surface area contributed by atoms with Gasteiger partial charge in [-0.1, -0.05) is 52.8 Å². The van der Waals surface area contributed by atoms with Crippen molar-refractivity contribution in [3.05, 3.63) is 0 Å². The number of hydrogen-bond donors (Lipinski definition) is 2. The van der Waals surface area contributed by atoms with Gasteiger partial charge in [-0.05, 0) is 18.8 Å². The highest BCUT2D eigenvalue weighted by Crippen LogP contribution is 2.25. The Kier molecular flexibility index (Phi) is 14.0. The van der Waals surface area contributed by atoms with Crippen LogP contribution in [-0.2, 0) is 28.8 Å². The minimum atomic E-state index is -1.11. The lowest BCUT2D eigenvalue weighted by Crippen LogP contribution is -2.44. The summed E-state index contributed by atoms with van der Waals surface area (Å²) in [6, 6.07) is -1.11. The first-order chi connectivity index (χ1) is 14.7. The van der Waals surface area contributed by atoms with E-state index in [-0.39, 0.29) is 65.4 Å². The van der Waals surface area contributed by atoms with Crippen LogP contribution in [0, 0.1) is 5.92 Å². The third-order valence-corrected chi connectivity index (χ3v) is 5.50. The lowest BCUT2D eigenvalue weighted by Gasteiger charge is -2.17. The standard InChI is InChI=1S/C23H38N2O6S/c1-6-7-8-21(30)25-18(14-20(24)29)19(28)12-17(27)11-15(2)9-10-16(26)13-22(31)32-23(3,4)5/h15,18H,6-14H2,1-5H3,(H2,24,29)(H,25,30)/t15-,18+/m0/s1. The molecule has 0 spiro atoms. The second kappa shape index (κ2) is 14.9. The number of nitrogens with two attached hydrogens (primary N) is 1. The van der Waals surface area contributed by atoms with Crippen molar-refractivity contribution in [3.8, 4) is 0 Å². The average Bonchev–Trinajstić information content (AvgIpc) is 2.61. The summed E-state index contributed by atoms with van der Waals surface area (Å²) in [6.07, 6.45) is 1.52. The quantitative estimate of drug-likeness (QED) is 0.330. The molecule has 182 valence electrons. The molecule has 0 aromatic carbocycles. The van der Waals surface area contributed by atoms with Crippen molar-refractivity contribution in [2.24, 2.45) is 11.7 Å². The molecule has 0 rings (SSSR count). The van der Waals surface area contributed by atoms with Crippen LogP contribution in [-0.4, -0.2) is 45.1 Å². The van der Waals surface area contributed by atoms with Crippen LogP contribution < -0.4 is 11.1 Å². The van der Waals surface area contributed by atoms with Crippen LogP contribution in [0.4, 0.5) is 0 Å². The Morgan fingerprint density at radius 3 is 2.09 bits per heavy atom. The van der Waals surface area contributed by atoms with Crippen LogP contribution in [0.25, 0.3) is 0 Å². The molecule has 9 heteroatoms. The van der Waals surface area contributed by atoms with Gasteiger partial charge in [0.2, 0.25) is 11.8 Å². The van der Waals surface area contributed by atoms with Crippen LogP contribution in [0.3, 0.4) is 0 Å². The molecule has 3 N–H and O–H groups in total. The molecule has 32 heavy (non-hydrogen) atoms. The van der Waals surface area contributed by atoms with Crippen molar-refractivity contribution >= 4 is 46.0 Å². The zero-order chi connectivity index (χ0) is 24.9. The Hall–Kier alpha value is -2.03. The van der Waals surface area contributed by atoms with Gasteiger partial charge in [0.05, 0.1) is 25.3 Å². The van der Waals surface area contributed by atoms with E-state index in [1.807, 2.05) is 27.7 Å². The Labute approximate surface area is 195 Å². The number of rotatable bonds is 16. The number of nitrogens with one attached hydrogen (secondary N) is 1. The van der Waals surface area contributed by atoms with Crippen LogP contribution >= 0.6 is 11.8 Å². The lowest BCUT2D eigenvalue weighted by molar-refractivity contribution is -0.133. The van der Waals surface area contributed by atoms with Crippen LogP contribution in [0.2, 0.25) is 0 Å². The van der Waals surface area contributed by atoms with Gasteiger partial charge in [-0.25, -0.2) is 0 Å². The number of ketones is 3. The topological polar surface area (TPSA) is 140 Å². The predicted octanol–water partition coefficient (Wildman–Crippen LogP) is 2.89. The van der Waals surface area contributed by atoms with E-state index in [2.05, 4.69) is 5.32 Å². The van der Waals surface area contributed by atoms with Gasteiger partial charge in [0.1, 0.15) is 11.6 Å². The molecule has 0 saturated heterocycles. The van der Waals surface area contributed by atoms with Crippen molar-refractivity contribution in [1.82, 2.24) is 5.32 Å².